The molecular weight excluding hydrogens is 521 g/mol. The SMILES string of the molecule is CC(C)[C@H](F)Oc1cccc(-c2ccc(C(=O)NS(=O)(=O)c3cccc(N)n3)c(N3CCCC3C3CC3)n2)c1. The largest absolute Gasteiger partial charge is 0.460 e. The first-order chi connectivity index (χ1) is 18.6. The van der Waals surface area contributed by atoms with Gasteiger partial charge in [0.05, 0.1) is 11.3 Å². The van der Waals surface area contributed by atoms with Gasteiger partial charge in [-0.3, -0.25) is 4.79 Å². The van der Waals surface area contributed by atoms with Gasteiger partial charge >= 0.3 is 0 Å². The Bertz CT molecular complexity index is 1480. The topological polar surface area (TPSA) is 128 Å². The van der Waals surface area contributed by atoms with Crippen molar-refractivity contribution in [1.29, 1.82) is 0 Å². The molecule has 3 N–H and O–H groups in total. The number of pyridine rings is 2. The number of alkyl halides is 1. The van der Waals surface area contributed by atoms with E-state index in [2.05, 4.69) is 14.6 Å². The number of nitrogens with zero attached hydrogens (tertiary/aromatic N) is 3. The third kappa shape index (κ3) is 5.98. The predicted octanol–water partition coefficient (Wildman–Crippen LogP) is 4.55. The van der Waals surface area contributed by atoms with Gasteiger partial charge in [-0.25, -0.2) is 19.1 Å². The minimum Gasteiger partial charge on any atom is -0.460 e. The van der Waals surface area contributed by atoms with Gasteiger partial charge in [0.25, 0.3) is 15.9 Å². The molecule has 39 heavy (non-hydrogen) atoms. The van der Waals surface area contributed by atoms with Crippen LogP contribution in [0.4, 0.5) is 16.0 Å². The second kappa shape index (κ2) is 10.8. The fraction of sp³-hybridized carbons (Fsp3) is 0.393. The average molecular weight is 554 g/mol. The van der Waals surface area contributed by atoms with Crippen LogP contribution in [0, 0.1) is 11.8 Å². The summed E-state index contributed by atoms with van der Waals surface area (Å²) in [6.45, 7) is 4.19. The third-order valence-electron chi connectivity index (χ3n) is 7.01. The Kier molecular flexibility index (Phi) is 7.44. The standard InChI is InChI=1S/C28H32FN5O4S/c1-17(2)26(29)38-20-7-3-6-19(16-20)22-14-13-21(27(31-22)34-15-5-8-23(34)18-11-12-18)28(35)33-39(36,37)25-10-4-9-24(30)32-25/h3-4,6-7,9-10,13-14,16-18,23,26H,5,8,11-12,15H2,1-2H3,(H2,30,32)(H,33,35)/t23?,26-/m1/s1. The van der Waals surface area contributed by atoms with Crippen LogP contribution in [-0.4, -0.2) is 43.2 Å². The van der Waals surface area contributed by atoms with Crippen LogP contribution < -0.4 is 20.1 Å². The van der Waals surface area contributed by atoms with Gasteiger partial charge < -0.3 is 15.4 Å². The Hall–Kier alpha value is -3.73. The Balaban J connectivity index is 1.50. The molecule has 9 nitrogen and oxygen atoms in total. The Morgan fingerprint density at radius 1 is 1.10 bits per heavy atom. The average Bonchev–Trinajstić information content (AvgIpc) is 3.64. The van der Waals surface area contributed by atoms with E-state index in [0.717, 1.165) is 25.7 Å². The maximum absolute atomic E-state index is 14.2. The summed E-state index contributed by atoms with van der Waals surface area (Å²) < 4.78 is 47.6. The van der Waals surface area contributed by atoms with E-state index in [1.165, 1.54) is 18.2 Å². The number of nitrogens with one attached hydrogen (secondary N) is 1. The number of ether oxygens (including phenoxy) is 1. The van der Waals surface area contributed by atoms with Gasteiger partial charge in [-0.2, -0.15) is 8.42 Å². The molecule has 1 unspecified atom stereocenters. The van der Waals surface area contributed by atoms with Gasteiger partial charge in [0.1, 0.15) is 17.4 Å². The number of nitrogen functional groups attached to an aromatic ring is 1. The number of benzene rings is 1. The number of halogens is 1. The molecule has 2 aromatic heterocycles. The molecule has 2 atom stereocenters. The molecule has 1 saturated carbocycles. The van der Waals surface area contributed by atoms with Crippen molar-refractivity contribution in [3.63, 3.8) is 0 Å². The molecule has 0 bridgehead atoms. The second-order valence-electron chi connectivity index (χ2n) is 10.4. The van der Waals surface area contributed by atoms with Crippen molar-refractivity contribution in [3.8, 4) is 17.0 Å². The van der Waals surface area contributed by atoms with Crippen LogP contribution in [0.15, 0.2) is 59.6 Å². The number of sulfonamides is 1. The van der Waals surface area contributed by atoms with Crippen molar-refractivity contribution in [2.24, 2.45) is 11.8 Å². The number of rotatable bonds is 9. The molecule has 2 fully saturated rings. The predicted molar refractivity (Wildman–Crippen MR) is 146 cm³/mol. The molecular formula is C28H32FN5O4S. The molecule has 3 aromatic rings. The van der Waals surface area contributed by atoms with E-state index >= 15 is 0 Å². The third-order valence-corrected chi connectivity index (χ3v) is 8.24. The number of amides is 1. The van der Waals surface area contributed by atoms with Crippen LogP contribution in [0.5, 0.6) is 5.75 Å². The van der Waals surface area contributed by atoms with Crippen LogP contribution in [0.1, 0.15) is 49.9 Å². The zero-order chi connectivity index (χ0) is 27.7. The summed E-state index contributed by atoms with van der Waals surface area (Å²) in [5.41, 5.74) is 7.04. The molecule has 1 aliphatic heterocycles. The molecule has 1 aliphatic carbocycles. The number of hydrogen-bond donors (Lipinski definition) is 2. The minimum absolute atomic E-state index is 0.0278. The van der Waals surface area contributed by atoms with Crippen molar-refractivity contribution in [2.75, 3.05) is 17.2 Å². The van der Waals surface area contributed by atoms with E-state index in [-0.39, 0.29) is 28.4 Å². The Morgan fingerprint density at radius 3 is 2.59 bits per heavy atom. The number of carbonyl (C=O) groups excluding carboxylic acids is 1. The van der Waals surface area contributed by atoms with Gasteiger partial charge in [0.2, 0.25) is 6.36 Å². The molecule has 1 aromatic carbocycles. The lowest BCUT2D eigenvalue weighted by atomic mass is 10.1. The van der Waals surface area contributed by atoms with Crippen LogP contribution in [-0.2, 0) is 10.0 Å². The van der Waals surface area contributed by atoms with Gasteiger partial charge in [-0.15, -0.1) is 0 Å². The molecule has 3 heterocycles. The van der Waals surface area contributed by atoms with E-state index in [1.54, 1.807) is 44.2 Å². The quantitative estimate of drug-likeness (QED) is 0.395. The highest BCUT2D eigenvalue weighted by molar-refractivity contribution is 7.90. The van der Waals surface area contributed by atoms with E-state index in [1.807, 2.05) is 6.07 Å². The fourth-order valence-electron chi connectivity index (χ4n) is 4.84. The maximum Gasteiger partial charge on any atom is 0.281 e. The lowest BCUT2D eigenvalue weighted by molar-refractivity contribution is 0.0258. The van der Waals surface area contributed by atoms with E-state index in [9.17, 15) is 17.6 Å². The Morgan fingerprint density at radius 2 is 1.87 bits per heavy atom. The van der Waals surface area contributed by atoms with Crippen molar-refractivity contribution in [3.05, 3.63) is 60.2 Å². The smallest absolute Gasteiger partial charge is 0.281 e. The first-order valence-electron chi connectivity index (χ1n) is 13.1. The van der Waals surface area contributed by atoms with Crippen molar-refractivity contribution in [1.82, 2.24) is 14.7 Å². The fourth-order valence-corrected chi connectivity index (χ4v) is 5.78. The molecule has 0 spiro atoms. The number of carbonyl (C=O) groups is 1. The lowest BCUT2D eigenvalue weighted by Crippen LogP contribution is -2.36. The summed E-state index contributed by atoms with van der Waals surface area (Å²) >= 11 is 0. The zero-order valence-corrected chi connectivity index (χ0v) is 22.7. The van der Waals surface area contributed by atoms with E-state index in [4.69, 9.17) is 15.5 Å². The monoisotopic (exact) mass is 553 g/mol. The summed E-state index contributed by atoms with van der Waals surface area (Å²) in [6.07, 6.45) is 2.74. The summed E-state index contributed by atoms with van der Waals surface area (Å²) in [5, 5.41) is -0.344. The highest BCUT2D eigenvalue weighted by atomic mass is 32.2. The summed E-state index contributed by atoms with van der Waals surface area (Å²) in [4.78, 5) is 24.2. The second-order valence-corrected chi connectivity index (χ2v) is 12.0. The van der Waals surface area contributed by atoms with Crippen molar-refractivity contribution >= 4 is 27.6 Å². The maximum atomic E-state index is 14.2. The number of aromatic nitrogens is 2. The van der Waals surface area contributed by atoms with Crippen molar-refractivity contribution in [2.45, 2.75) is 57.0 Å². The lowest BCUT2D eigenvalue weighted by Gasteiger charge is -2.28. The molecule has 0 radical (unpaired) electrons. The Labute approximate surface area is 227 Å². The molecule has 11 heteroatoms. The summed E-state index contributed by atoms with van der Waals surface area (Å²) in [5.74, 6) is 0.251. The van der Waals surface area contributed by atoms with Crippen LogP contribution in [0.25, 0.3) is 11.3 Å². The van der Waals surface area contributed by atoms with Crippen LogP contribution in [0.2, 0.25) is 0 Å². The highest BCUT2D eigenvalue weighted by Crippen LogP contribution is 2.42. The minimum atomic E-state index is -4.26. The van der Waals surface area contributed by atoms with Crippen molar-refractivity contribution < 1.29 is 22.3 Å². The van der Waals surface area contributed by atoms with Gasteiger partial charge in [0, 0.05) is 24.1 Å². The molecule has 1 saturated heterocycles. The first kappa shape index (κ1) is 26.9. The first-order valence-corrected chi connectivity index (χ1v) is 14.6. The van der Waals surface area contributed by atoms with Crippen LogP contribution in [0.3, 0.4) is 0 Å². The van der Waals surface area contributed by atoms with Crippen LogP contribution >= 0.6 is 0 Å². The van der Waals surface area contributed by atoms with E-state index in [0.29, 0.717) is 35.3 Å². The zero-order valence-electron chi connectivity index (χ0n) is 21.9. The number of hydrogen-bond acceptors (Lipinski definition) is 8. The van der Waals surface area contributed by atoms with Gasteiger partial charge in [-0.05, 0) is 68.0 Å². The molecule has 2 aliphatic rings. The summed E-state index contributed by atoms with van der Waals surface area (Å²) in [7, 11) is -4.26. The number of nitrogens with two attached hydrogens (primary N) is 1. The van der Waals surface area contributed by atoms with E-state index < -0.39 is 22.3 Å². The number of anilines is 2. The summed E-state index contributed by atoms with van der Waals surface area (Å²) in [6, 6.07) is 14.6. The van der Waals surface area contributed by atoms with Gasteiger partial charge in [-0.1, -0.05) is 32.0 Å². The molecule has 5 rings (SSSR count). The molecule has 206 valence electrons. The highest BCUT2D eigenvalue weighted by Gasteiger charge is 2.40. The normalized spacial score (nSPS) is 18.3. The van der Waals surface area contributed by atoms with Gasteiger partial charge in [0.15, 0.2) is 5.03 Å². The molecule has 1 amide bonds.